The zero-order chi connectivity index (χ0) is 8.53. The van der Waals surface area contributed by atoms with Crippen molar-refractivity contribution in [2.75, 3.05) is 0 Å². The molecule has 2 N–H and O–H groups in total. The minimum absolute atomic E-state index is 0. The van der Waals surface area contributed by atoms with Gasteiger partial charge in [-0.05, 0) is 5.56 Å². The fourth-order valence-electron chi connectivity index (χ4n) is 0.567. The number of rotatable bonds is 1. The first-order valence-corrected chi connectivity index (χ1v) is 3.05. The second-order valence-corrected chi connectivity index (χ2v) is 1.73. The fraction of sp³-hybridized carbons (Fsp3) is 0.143. The van der Waals surface area contributed by atoms with Crippen molar-refractivity contribution in [2.45, 2.75) is 6.67 Å². The molecule has 0 saturated carbocycles. The molecule has 1 rings (SSSR count). The Bertz CT molecular complexity index is 169. The maximum Gasteiger partial charge on any atom is 0.482 e. The van der Waals surface area contributed by atoms with Gasteiger partial charge < -0.3 is 10.0 Å². The highest BCUT2D eigenvalue weighted by Crippen LogP contribution is 1.98. The number of alkyl halides is 1. The topological polar surface area (TPSA) is 40.5 Å². The van der Waals surface area contributed by atoms with Crippen LogP contribution in [0.25, 0.3) is 0 Å². The van der Waals surface area contributed by atoms with Crippen molar-refractivity contribution >= 4 is 7.69 Å². The number of halogens is 1. The molecule has 0 fully saturated rings. The average Bonchev–Trinajstić information content (AvgIpc) is 2.08. The molecular formula is C7H9BFO2. The van der Waals surface area contributed by atoms with Gasteiger partial charge in [0, 0.05) is 0 Å². The molecule has 59 valence electrons. The Labute approximate surface area is 65.6 Å². The summed E-state index contributed by atoms with van der Waals surface area (Å²) in [6.07, 6.45) is 0. The Hall–Kier alpha value is -0.865. The summed E-state index contributed by atoms with van der Waals surface area (Å²) in [5.74, 6) is 0. The molecule has 0 aromatic heterocycles. The molecule has 0 saturated heterocycles. The highest BCUT2D eigenvalue weighted by atomic mass is 19.1. The normalized spacial score (nSPS) is 7.91. The van der Waals surface area contributed by atoms with Gasteiger partial charge in [-0.3, -0.25) is 0 Å². The summed E-state index contributed by atoms with van der Waals surface area (Å²) in [7, 11) is 0. The first-order valence-electron chi connectivity index (χ1n) is 3.05. The van der Waals surface area contributed by atoms with E-state index >= 15 is 0 Å². The zero-order valence-electron chi connectivity index (χ0n) is 5.94. The van der Waals surface area contributed by atoms with Gasteiger partial charge in [-0.2, -0.15) is 0 Å². The SMILES string of the molecule is FCc1ccccc1.O[B]O. The van der Waals surface area contributed by atoms with Crippen LogP contribution in [-0.4, -0.2) is 17.7 Å². The van der Waals surface area contributed by atoms with Crippen molar-refractivity contribution in [1.82, 2.24) is 0 Å². The van der Waals surface area contributed by atoms with Crippen LogP contribution in [0.5, 0.6) is 0 Å². The third-order valence-corrected chi connectivity index (χ3v) is 0.997. The van der Waals surface area contributed by atoms with E-state index < -0.39 is 0 Å². The van der Waals surface area contributed by atoms with E-state index in [0.29, 0.717) is 0 Å². The fourth-order valence-corrected chi connectivity index (χ4v) is 0.567. The second-order valence-electron chi connectivity index (χ2n) is 1.73. The van der Waals surface area contributed by atoms with Gasteiger partial charge in [0.2, 0.25) is 0 Å². The summed E-state index contributed by atoms with van der Waals surface area (Å²) >= 11 is 0. The van der Waals surface area contributed by atoms with Crippen LogP contribution in [0.4, 0.5) is 4.39 Å². The molecule has 0 unspecified atom stereocenters. The van der Waals surface area contributed by atoms with Crippen molar-refractivity contribution < 1.29 is 14.4 Å². The Morgan fingerprint density at radius 2 is 1.64 bits per heavy atom. The standard InChI is InChI=1S/C7H7F.BH2O2/c8-6-7-4-2-1-3-5-7;2-1-3/h1-5H,6H2;2-3H. The van der Waals surface area contributed by atoms with Gasteiger partial charge in [-0.15, -0.1) is 0 Å². The van der Waals surface area contributed by atoms with E-state index in [0.717, 1.165) is 5.56 Å². The van der Waals surface area contributed by atoms with Crippen LogP contribution in [0.3, 0.4) is 0 Å². The van der Waals surface area contributed by atoms with E-state index in [1.807, 2.05) is 18.2 Å². The maximum absolute atomic E-state index is 11.7. The van der Waals surface area contributed by atoms with Crippen LogP contribution < -0.4 is 0 Å². The predicted molar refractivity (Wildman–Crippen MR) is 41.4 cm³/mol. The lowest BCUT2D eigenvalue weighted by molar-refractivity contribution is 0.448. The molecule has 0 aliphatic rings. The van der Waals surface area contributed by atoms with Crippen LogP contribution >= 0.6 is 0 Å². The molecule has 0 aliphatic heterocycles. The van der Waals surface area contributed by atoms with Crippen LogP contribution in [0.2, 0.25) is 0 Å². The molecule has 0 aliphatic carbocycles. The van der Waals surface area contributed by atoms with E-state index in [1.165, 1.54) is 0 Å². The average molecular weight is 155 g/mol. The first kappa shape index (κ1) is 10.1. The van der Waals surface area contributed by atoms with Gasteiger partial charge in [0.1, 0.15) is 6.67 Å². The summed E-state index contributed by atoms with van der Waals surface area (Å²) in [4.78, 5) is 0. The lowest BCUT2D eigenvalue weighted by Crippen LogP contribution is -1.75. The smallest absolute Gasteiger partial charge is 0.429 e. The van der Waals surface area contributed by atoms with Gasteiger partial charge in [-0.25, -0.2) is 4.39 Å². The van der Waals surface area contributed by atoms with E-state index in [4.69, 9.17) is 10.0 Å². The van der Waals surface area contributed by atoms with Gasteiger partial charge in [0.15, 0.2) is 0 Å². The van der Waals surface area contributed by atoms with E-state index in [-0.39, 0.29) is 14.4 Å². The van der Waals surface area contributed by atoms with E-state index in [1.54, 1.807) is 12.1 Å². The second kappa shape index (κ2) is 7.24. The molecule has 1 aromatic rings. The van der Waals surface area contributed by atoms with Gasteiger partial charge in [0.05, 0.1) is 0 Å². The third-order valence-electron chi connectivity index (χ3n) is 0.997. The summed E-state index contributed by atoms with van der Waals surface area (Å²) in [5.41, 5.74) is 0.743. The zero-order valence-corrected chi connectivity index (χ0v) is 5.94. The maximum atomic E-state index is 11.7. The molecular weight excluding hydrogens is 146 g/mol. The lowest BCUT2D eigenvalue weighted by Gasteiger charge is -1.87. The minimum Gasteiger partial charge on any atom is -0.429 e. The van der Waals surface area contributed by atoms with Crippen molar-refractivity contribution in [3.05, 3.63) is 35.9 Å². The molecule has 4 heteroatoms. The third kappa shape index (κ3) is 5.57. The molecule has 0 heterocycles. The lowest BCUT2D eigenvalue weighted by atomic mass is 10.2. The first-order chi connectivity index (χ1) is 5.35. The highest BCUT2D eigenvalue weighted by Gasteiger charge is 1.82. The van der Waals surface area contributed by atoms with Gasteiger partial charge in [-0.1, -0.05) is 30.3 Å². The van der Waals surface area contributed by atoms with Crippen LogP contribution in [0.1, 0.15) is 5.56 Å². The highest BCUT2D eigenvalue weighted by molar-refractivity contribution is 6.13. The van der Waals surface area contributed by atoms with Crippen LogP contribution in [0, 0.1) is 0 Å². The molecule has 11 heavy (non-hydrogen) atoms. The summed E-state index contributed by atoms with van der Waals surface area (Å²) in [6.45, 7) is -0.360. The van der Waals surface area contributed by atoms with E-state index in [2.05, 4.69) is 0 Å². The Morgan fingerprint density at radius 3 is 1.91 bits per heavy atom. The summed E-state index contributed by atoms with van der Waals surface area (Å²) in [5, 5.41) is 14.0. The number of hydrogen-bond donors (Lipinski definition) is 2. The molecule has 0 bridgehead atoms. The van der Waals surface area contributed by atoms with Crippen LogP contribution in [-0.2, 0) is 6.67 Å². The quantitative estimate of drug-likeness (QED) is 0.584. The molecule has 2 nitrogen and oxygen atoms in total. The van der Waals surface area contributed by atoms with Crippen molar-refractivity contribution in [2.24, 2.45) is 0 Å². The monoisotopic (exact) mass is 155 g/mol. The van der Waals surface area contributed by atoms with Crippen molar-refractivity contribution in [3.63, 3.8) is 0 Å². The Balaban J connectivity index is 0.000000292. The van der Waals surface area contributed by atoms with Crippen molar-refractivity contribution in [1.29, 1.82) is 0 Å². The van der Waals surface area contributed by atoms with Crippen LogP contribution in [0.15, 0.2) is 30.3 Å². The molecule has 1 radical (unpaired) electrons. The van der Waals surface area contributed by atoms with Gasteiger partial charge >= 0.3 is 7.69 Å². The van der Waals surface area contributed by atoms with Gasteiger partial charge in [0.25, 0.3) is 0 Å². The molecule has 1 aromatic carbocycles. The molecule has 0 amide bonds. The molecule has 0 spiro atoms. The summed E-state index contributed by atoms with van der Waals surface area (Å²) in [6, 6.07) is 9.06. The number of benzene rings is 1. The number of hydrogen-bond acceptors (Lipinski definition) is 2. The Morgan fingerprint density at radius 1 is 1.18 bits per heavy atom. The predicted octanol–water partition coefficient (Wildman–Crippen LogP) is 0.661. The van der Waals surface area contributed by atoms with Crippen molar-refractivity contribution in [3.8, 4) is 0 Å². The Kier molecular flexibility index (Phi) is 6.67. The molecule has 0 atom stereocenters. The minimum atomic E-state index is -0.360. The largest absolute Gasteiger partial charge is 0.482 e. The summed E-state index contributed by atoms with van der Waals surface area (Å²) < 4.78 is 11.7. The van der Waals surface area contributed by atoms with E-state index in [9.17, 15) is 4.39 Å².